The number of hydrogen-bond acceptors (Lipinski definition) is 3. The Morgan fingerprint density at radius 3 is 2.78 bits per heavy atom. The molecule has 1 aliphatic rings. The van der Waals surface area contributed by atoms with Crippen molar-refractivity contribution < 1.29 is 4.74 Å². The van der Waals surface area contributed by atoms with Gasteiger partial charge in [0.15, 0.2) is 0 Å². The molecule has 1 heterocycles. The zero-order valence-electron chi connectivity index (χ0n) is 10.5. The van der Waals surface area contributed by atoms with Crippen LogP contribution in [0.1, 0.15) is 36.1 Å². The highest BCUT2D eigenvalue weighted by Gasteiger charge is 2.17. The minimum absolute atomic E-state index is 0.467. The van der Waals surface area contributed by atoms with E-state index in [2.05, 4.69) is 24.3 Å². The third-order valence-electron chi connectivity index (χ3n) is 3.73. The van der Waals surface area contributed by atoms with E-state index in [-0.39, 0.29) is 0 Å². The van der Waals surface area contributed by atoms with Gasteiger partial charge < -0.3 is 10.5 Å². The predicted molar refractivity (Wildman–Crippen MR) is 76.8 cm³/mol. The van der Waals surface area contributed by atoms with Crippen molar-refractivity contribution in [3.8, 4) is 0 Å². The first-order chi connectivity index (χ1) is 8.88. The lowest BCUT2D eigenvalue weighted by atomic mass is 10.1. The van der Waals surface area contributed by atoms with Crippen LogP contribution in [-0.4, -0.2) is 6.10 Å². The van der Waals surface area contributed by atoms with Gasteiger partial charge in [0, 0.05) is 21.7 Å². The van der Waals surface area contributed by atoms with Gasteiger partial charge in [0.2, 0.25) is 0 Å². The van der Waals surface area contributed by atoms with Gasteiger partial charge in [-0.25, -0.2) is 0 Å². The van der Waals surface area contributed by atoms with Gasteiger partial charge in [0.25, 0.3) is 0 Å². The summed E-state index contributed by atoms with van der Waals surface area (Å²) in [5.74, 6) is 0. The van der Waals surface area contributed by atoms with Gasteiger partial charge in [-0.1, -0.05) is 31.0 Å². The van der Waals surface area contributed by atoms with Crippen LogP contribution in [0.25, 0.3) is 10.1 Å². The smallest absolute Gasteiger partial charge is 0.0738 e. The first-order valence-corrected chi connectivity index (χ1v) is 7.51. The highest BCUT2D eigenvalue weighted by Crippen LogP contribution is 2.32. The van der Waals surface area contributed by atoms with E-state index < -0.39 is 0 Å². The lowest BCUT2D eigenvalue weighted by molar-refractivity contribution is 0.0461. The molecule has 0 amide bonds. The summed E-state index contributed by atoms with van der Waals surface area (Å²) in [6.45, 7) is 1.34. The zero-order valence-corrected chi connectivity index (χ0v) is 11.3. The van der Waals surface area contributed by atoms with Gasteiger partial charge in [0.1, 0.15) is 0 Å². The number of nitrogens with two attached hydrogens (primary N) is 1. The molecular weight excluding hydrogens is 242 g/mol. The molecule has 3 heteroatoms. The van der Waals surface area contributed by atoms with Crippen LogP contribution in [-0.2, 0) is 17.9 Å². The Morgan fingerprint density at radius 2 is 2.00 bits per heavy atom. The number of thiophene rings is 1. The molecule has 2 N–H and O–H groups in total. The van der Waals surface area contributed by atoms with E-state index in [1.165, 1.54) is 46.2 Å². The Balaban J connectivity index is 1.84. The van der Waals surface area contributed by atoms with Crippen LogP contribution in [0.5, 0.6) is 0 Å². The summed E-state index contributed by atoms with van der Waals surface area (Å²) < 4.78 is 7.37. The van der Waals surface area contributed by atoms with Crippen molar-refractivity contribution in [3.05, 3.63) is 34.7 Å². The minimum atomic E-state index is 0.467. The Hall–Kier alpha value is -0.900. The average Bonchev–Trinajstić information content (AvgIpc) is 3.03. The molecular formula is C15H19NOS. The quantitative estimate of drug-likeness (QED) is 0.908. The molecule has 96 valence electrons. The van der Waals surface area contributed by atoms with Crippen LogP contribution in [0.3, 0.4) is 0 Å². The molecule has 3 rings (SSSR count). The normalized spacial score (nSPS) is 16.7. The van der Waals surface area contributed by atoms with E-state index in [0.717, 1.165) is 6.61 Å². The first-order valence-electron chi connectivity index (χ1n) is 6.69. The van der Waals surface area contributed by atoms with Crippen LogP contribution in [0.15, 0.2) is 24.3 Å². The van der Waals surface area contributed by atoms with Gasteiger partial charge in [-0.2, -0.15) is 0 Å². The Labute approximate surface area is 112 Å². The average molecular weight is 261 g/mol. The minimum Gasteiger partial charge on any atom is -0.373 e. The standard InChI is InChI=1S/C15H19NOS/c16-9-15-13(10-17-11-5-1-2-6-11)12-7-3-4-8-14(12)18-15/h3-4,7-8,11H,1-2,5-6,9-10,16H2. The predicted octanol–water partition coefficient (Wildman–Crippen LogP) is 3.82. The van der Waals surface area contributed by atoms with Gasteiger partial charge in [-0.15, -0.1) is 11.3 Å². The van der Waals surface area contributed by atoms with E-state index in [1.807, 2.05) is 0 Å². The first kappa shape index (κ1) is 12.2. The van der Waals surface area contributed by atoms with E-state index in [4.69, 9.17) is 10.5 Å². The highest BCUT2D eigenvalue weighted by atomic mass is 32.1. The molecule has 0 saturated heterocycles. The van der Waals surface area contributed by atoms with Gasteiger partial charge in [-0.3, -0.25) is 0 Å². The topological polar surface area (TPSA) is 35.2 Å². The van der Waals surface area contributed by atoms with Crippen molar-refractivity contribution >= 4 is 21.4 Å². The Kier molecular flexibility index (Phi) is 3.64. The summed E-state index contributed by atoms with van der Waals surface area (Å²) in [6, 6.07) is 8.52. The second-order valence-corrected chi connectivity index (χ2v) is 6.06. The molecule has 0 bridgehead atoms. The number of rotatable bonds is 4. The van der Waals surface area contributed by atoms with Crippen LogP contribution >= 0.6 is 11.3 Å². The molecule has 1 aliphatic carbocycles. The lowest BCUT2D eigenvalue weighted by Crippen LogP contribution is -2.08. The summed E-state index contributed by atoms with van der Waals surface area (Å²) in [5, 5.41) is 1.32. The van der Waals surface area contributed by atoms with Crippen LogP contribution in [0.4, 0.5) is 0 Å². The summed E-state index contributed by atoms with van der Waals surface area (Å²) in [4.78, 5) is 1.27. The molecule has 2 nitrogen and oxygen atoms in total. The number of benzene rings is 1. The molecule has 1 saturated carbocycles. The van der Waals surface area contributed by atoms with Crippen LogP contribution in [0.2, 0.25) is 0 Å². The lowest BCUT2D eigenvalue weighted by Gasteiger charge is -2.11. The SMILES string of the molecule is NCc1sc2ccccc2c1COC1CCCC1. The molecule has 0 radical (unpaired) electrons. The second kappa shape index (κ2) is 5.39. The molecule has 0 unspecified atom stereocenters. The zero-order chi connectivity index (χ0) is 12.4. The number of ether oxygens (including phenoxy) is 1. The van der Waals surface area contributed by atoms with Crippen molar-refractivity contribution in [1.82, 2.24) is 0 Å². The molecule has 1 aromatic heterocycles. The van der Waals surface area contributed by atoms with Gasteiger partial charge >= 0.3 is 0 Å². The molecule has 0 atom stereocenters. The Bertz CT molecular complexity index is 528. The fraction of sp³-hybridized carbons (Fsp3) is 0.467. The third kappa shape index (κ3) is 2.30. The van der Waals surface area contributed by atoms with Crippen molar-refractivity contribution in [3.63, 3.8) is 0 Å². The Morgan fingerprint density at radius 1 is 1.22 bits per heavy atom. The van der Waals surface area contributed by atoms with Crippen molar-refractivity contribution in [1.29, 1.82) is 0 Å². The maximum Gasteiger partial charge on any atom is 0.0738 e. The van der Waals surface area contributed by atoms with Crippen LogP contribution in [0, 0.1) is 0 Å². The fourth-order valence-electron chi connectivity index (χ4n) is 2.73. The molecule has 1 fully saturated rings. The summed E-state index contributed by atoms with van der Waals surface area (Å²) >= 11 is 1.80. The fourth-order valence-corrected chi connectivity index (χ4v) is 3.82. The van der Waals surface area contributed by atoms with E-state index in [1.54, 1.807) is 11.3 Å². The van der Waals surface area contributed by atoms with E-state index in [9.17, 15) is 0 Å². The molecule has 2 aromatic rings. The van der Waals surface area contributed by atoms with Gasteiger partial charge in [0.05, 0.1) is 12.7 Å². The maximum absolute atomic E-state index is 6.05. The van der Waals surface area contributed by atoms with Gasteiger partial charge in [-0.05, 0) is 24.3 Å². The van der Waals surface area contributed by atoms with Crippen molar-refractivity contribution in [2.75, 3.05) is 0 Å². The third-order valence-corrected chi connectivity index (χ3v) is 4.97. The highest BCUT2D eigenvalue weighted by molar-refractivity contribution is 7.19. The van der Waals surface area contributed by atoms with Crippen LogP contribution < -0.4 is 5.73 Å². The molecule has 0 aliphatic heterocycles. The largest absolute Gasteiger partial charge is 0.373 e. The van der Waals surface area contributed by atoms with Crippen molar-refractivity contribution in [2.24, 2.45) is 5.73 Å². The second-order valence-electron chi connectivity index (χ2n) is 4.92. The summed E-state index contributed by atoms with van der Waals surface area (Å²) in [7, 11) is 0. The molecule has 1 aromatic carbocycles. The van der Waals surface area contributed by atoms with E-state index >= 15 is 0 Å². The summed E-state index contributed by atoms with van der Waals surface area (Å²) in [6.07, 6.45) is 5.55. The number of fused-ring (bicyclic) bond motifs is 1. The monoisotopic (exact) mass is 261 g/mol. The molecule has 0 spiro atoms. The summed E-state index contributed by atoms with van der Waals surface area (Å²) in [5.41, 5.74) is 7.16. The molecule has 18 heavy (non-hydrogen) atoms. The maximum atomic E-state index is 6.05. The van der Waals surface area contributed by atoms with E-state index in [0.29, 0.717) is 12.6 Å². The van der Waals surface area contributed by atoms with Crippen molar-refractivity contribution in [2.45, 2.75) is 44.9 Å². The number of hydrogen-bond donors (Lipinski definition) is 1.